The number of H-pyrrole nitrogens is 1. The molecule has 0 fully saturated rings. The Bertz CT molecular complexity index is 251. The molecule has 0 radical (unpaired) electrons. The van der Waals surface area contributed by atoms with Crippen LogP contribution in [-0.4, -0.2) is 22.3 Å². The van der Waals surface area contributed by atoms with Gasteiger partial charge in [-0.3, -0.25) is 0 Å². The van der Waals surface area contributed by atoms with Crippen molar-refractivity contribution < 1.29 is 0 Å². The Hall–Kier alpha value is -1.13. The van der Waals surface area contributed by atoms with Crippen molar-refractivity contribution in [2.45, 2.75) is 11.6 Å². The summed E-state index contributed by atoms with van der Waals surface area (Å²) >= 11 is 1.63. The van der Waals surface area contributed by atoms with Crippen LogP contribution in [0.3, 0.4) is 0 Å². The maximum atomic E-state index is 7.98. The third-order valence-electron chi connectivity index (χ3n) is 1.18. The van der Waals surface area contributed by atoms with E-state index in [9.17, 15) is 0 Å². The van der Waals surface area contributed by atoms with Crippen molar-refractivity contribution in [3.63, 3.8) is 0 Å². The molecule has 0 spiro atoms. The van der Waals surface area contributed by atoms with E-state index >= 15 is 0 Å². The van der Waals surface area contributed by atoms with Gasteiger partial charge in [0.25, 0.3) is 0 Å². The molecule has 6 heteroatoms. The third-order valence-corrected chi connectivity index (χ3v) is 2.17. The third kappa shape index (κ3) is 3.32. The lowest BCUT2D eigenvalue weighted by molar-refractivity contribution is 0.927. The van der Waals surface area contributed by atoms with E-state index in [1.165, 1.54) is 0 Å². The zero-order valence-corrected chi connectivity index (χ0v) is 7.29. The van der Waals surface area contributed by atoms with Gasteiger partial charge >= 0.3 is 0 Å². The fourth-order valence-corrected chi connectivity index (χ4v) is 1.43. The lowest BCUT2D eigenvalue weighted by Gasteiger charge is -1.93. The molecule has 0 amide bonds. The Labute approximate surface area is 74.2 Å². The second kappa shape index (κ2) is 5.51. The minimum atomic E-state index is 0.560. The quantitative estimate of drug-likeness (QED) is 0.250. The topological polar surface area (TPSA) is 77.4 Å². The van der Waals surface area contributed by atoms with Gasteiger partial charge in [-0.1, -0.05) is 16.9 Å². The second-order valence-electron chi connectivity index (χ2n) is 2.05. The molecule has 1 aromatic heterocycles. The summed E-state index contributed by atoms with van der Waals surface area (Å²) in [7, 11) is 0. The number of nitrogens with zero attached hydrogens (tertiary/aromatic N) is 4. The Kier molecular flexibility index (Phi) is 4.12. The summed E-state index contributed by atoms with van der Waals surface area (Å²) in [6.45, 7) is 0.560. The molecule has 0 aliphatic heterocycles. The Morgan fingerprint density at radius 3 is 3.33 bits per heavy atom. The smallest absolute Gasteiger partial charge is 0.165 e. The average Bonchev–Trinajstić information content (AvgIpc) is 2.57. The first-order chi connectivity index (χ1) is 5.93. The number of imidazole rings is 1. The number of rotatable bonds is 5. The zero-order chi connectivity index (χ0) is 8.65. The molecule has 0 aliphatic carbocycles. The van der Waals surface area contributed by atoms with E-state index in [0.717, 1.165) is 17.3 Å². The highest BCUT2D eigenvalue weighted by Gasteiger charge is 1.93. The Morgan fingerprint density at radius 1 is 1.75 bits per heavy atom. The molecule has 0 aromatic carbocycles. The van der Waals surface area contributed by atoms with E-state index < -0.39 is 0 Å². The highest BCUT2D eigenvalue weighted by atomic mass is 32.2. The zero-order valence-electron chi connectivity index (χ0n) is 6.47. The van der Waals surface area contributed by atoms with Crippen LogP contribution in [-0.2, 0) is 0 Å². The molecule has 0 saturated carbocycles. The van der Waals surface area contributed by atoms with Crippen molar-refractivity contribution in [1.82, 2.24) is 9.97 Å². The van der Waals surface area contributed by atoms with Crippen LogP contribution >= 0.6 is 11.8 Å². The van der Waals surface area contributed by atoms with Crippen LogP contribution in [0.25, 0.3) is 10.4 Å². The van der Waals surface area contributed by atoms with Gasteiger partial charge in [0, 0.05) is 29.6 Å². The molecular weight excluding hydrogens is 174 g/mol. The predicted molar refractivity (Wildman–Crippen MR) is 47.9 cm³/mol. The summed E-state index contributed by atoms with van der Waals surface area (Å²) in [5.41, 5.74) is 7.98. The highest BCUT2D eigenvalue weighted by Crippen LogP contribution is 2.12. The van der Waals surface area contributed by atoms with E-state index in [1.54, 1.807) is 24.2 Å². The standard InChI is InChI=1S/C6H9N5S/c7-11-10-2-1-5-12-6-8-3-4-9-6/h3-4H,1-2,5H2,(H,8,9). The monoisotopic (exact) mass is 183 g/mol. The number of hydrogen-bond acceptors (Lipinski definition) is 3. The van der Waals surface area contributed by atoms with Gasteiger partial charge in [0.15, 0.2) is 5.16 Å². The maximum absolute atomic E-state index is 7.98. The van der Waals surface area contributed by atoms with Crippen molar-refractivity contribution in [3.8, 4) is 0 Å². The van der Waals surface area contributed by atoms with Crippen molar-refractivity contribution >= 4 is 11.8 Å². The van der Waals surface area contributed by atoms with Crippen LogP contribution in [0.5, 0.6) is 0 Å². The fraction of sp³-hybridized carbons (Fsp3) is 0.500. The lowest BCUT2D eigenvalue weighted by Crippen LogP contribution is -1.84. The van der Waals surface area contributed by atoms with Crippen LogP contribution < -0.4 is 0 Å². The predicted octanol–water partition coefficient (Wildman–Crippen LogP) is 2.20. The van der Waals surface area contributed by atoms with Crippen molar-refractivity contribution in [2.24, 2.45) is 5.11 Å². The van der Waals surface area contributed by atoms with Gasteiger partial charge in [-0.05, 0) is 12.0 Å². The van der Waals surface area contributed by atoms with Crippen LogP contribution in [0.15, 0.2) is 22.7 Å². The Morgan fingerprint density at radius 2 is 2.67 bits per heavy atom. The number of aromatic nitrogens is 2. The van der Waals surface area contributed by atoms with Crippen LogP contribution in [0, 0.1) is 0 Å². The molecule has 64 valence electrons. The number of hydrogen-bond donors (Lipinski definition) is 1. The molecule has 5 nitrogen and oxygen atoms in total. The van der Waals surface area contributed by atoms with Crippen LogP contribution in [0.1, 0.15) is 6.42 Å². The normalized spacial score (nSPS) is 9.33. The SMILES string of the molecule is [N-]=[N+]=NCCCSc1ncc[nH]1. The van der Waals surface area contributed by atoms with Gasteiger partial charge in [-0.2, -0.15) is 0 Å². The van der Waals surface area contributed by atoms with Gasteiger partial charge < -0.3 is 4.98 Å². The Balaban J connectivity index is 2.07. The summed E-state index contributed by atoms with van der Waals surface area (Å²) in [5.74, 6) is 0.923. The molecule has 1 aromatic rings. The first kappa shape index (κ1) is 8.96. The molecule has 0 atom stereocenters. The average molecular weight is 183 g/mol. The molecule has 1 rings (SSSR count). The highest BCUT2D eigenvalue weighted by molar-refractivity contribution is 7.99. The summed E-state index contributed by atoms with van der Waals surface area (Å²) in [6.07, 6.45) is 4.39. The fourth-order valence-electron chi connectivity index (χ4n) is 0.679. The first-order valence-electron chi connectivity index (χ1n) is 3.56. The lowest BCUT2D eigenvalue weighted by atomic mass is 10.5. The minimum Gasteiger partial charge on any atom is -0.340 e. The van der Waals surface area contributed by atoms with Gasteiger partial charge in [0.2, 0.25) is 0 Å². The molecule has 0 aliphatic rings. The van der Waals surface area contributed by atoms with E-state index in [4.69, 9.17) is 5.53 Å². The van der Waals surface area contributed by atoms with Crippen molar-refractivity contribution in [1.29, 1.82) is 0 Å². The van der Waals surface area contributed by atoms with E-state index in [-0.39, 0.29) is 0 Å². The summed E-state index contributed by atoms with van der Waals surface area (Å²) in [5, 5.41) is 4.34. The van der Waals surface area contributed by atoms with Gasteiger partial charge in [-0.25, -0.2) is 4.98 Å². The molecular formula is C6H9N5S. The minimum absolute atomic E-state index is 0.560. The van der Waals surface area contributed by atoms with Crippen LogP contribution in [0.2, 0.25) is 0 Å². The number of thioether (sulfide) groups is 1. The first-order valence-corrected chi connectivity index (χ1v) is 4.55. The molecule has 1 heterocycles. The van der Waals surface area contributed by atoms with Gasteiger partial charge in [0.1, 0.15) is 0 Å². The number of azide groups is 1. The van der Waals surface area contributed by atoms with Crippen molar-refractivity contribution in [3.05, 3.63) is 22.8 Å². The number of nitrogens with one attached hydrogen (secondary N) is 1. The van der Waals surface area contributed by atoms with Crippen molar-refractivity contribution in [2.75, 3.05) is 12.3 Å². The number of aromatic amines is 1. The molecule has 0 unspecified atom stereocenters. The van der Waals surface area contributed by atoms with Gasteiger partial charge in [-0.15, -0.1) is 0 Å². The largest absolute Gasteiger partial charge is 0.340 e. The molecule has 0 bridgehead atoms. The maximum Gasteiger partial charge on any atom is 0.165 e. The summed E-state index contributed by atoms with van der Waals surface area (Å²) in [6, 6.07) is 0. The molecule has 0 saturated heterocycles. The van der Waals surface area contributed by atoms with Crippen LogP contribution in [0.4, 0.5) is 0 Å². The molecule has 1 N–H and O–H groups in total. The summed E-state index contributed by atoms with van der Waals surface area (Å²) in [4.78, 5) is 9.68. The second-order valence-corrected chi connectivity index (χ2v) is 3.13. The van der Waals surface area contributed by atoms with E-state index in [2.05, 4.69) is 20.0 Å². The molecule has 12 heavy (non-hydrogen) atoms. The summed E-state index contributed by atoms with van der Waals surface area (Å²) < 4.78 is 0. The van der Waals surface area contributed by atoms with E-state index in [0.29, 0.717) is 6.54 Å². The van der Waals surface area contributed by atoms with Gasteiger partial charge in [0.05, 0.1) is 0 Å². The van der Waals surface area contributed by atoms with E-state index in [1.807, 2.05) is 0 Å².